The minimum Gasteiger partial charge on any atom is -0.496 e. The van der Waals surface area contributed by atoms with E-state index >= 15 is 0 Å². The molecule has 2 aromatic rings. The Balaban J connectivity index is 2.23. The highest BCUT2D eigenvalue weighted by Gasteiger charge is 2.07. The molecule has 0 fully saturated rings. The smallest absolute Gasteiger partial charge is 0.207 e. The zero-order valence-corrected chi connectivity index (χ0v) is 12.2. The summed E-state index contributed by atoms with van der Waals surface area (Å²) < 4.78 is 8.20. The van der Waals surface area contributed by atoms with Gasteiger partial charge in [-0.25, -0.2) is 4.98 Å². The van der Waals surface area contributed by atoms with E-state index in [1.807, 2.05) is 24.4 Å². The lowest BCUT2D eigenvalue weighted by molar-refractivity contribution is 0.412. The Kier molecular flexibility index (Phi) is 3.91. The third kappa shape index (κ3) is 2.67. The van der Waals surface area contributed by atoms with Crippen molar-refractivity contribution in [3.8, 4) is 5.75 Å². The topological polar surface area (TPSA) is 39.1 Å². The Morgan fingerprint density at radius 2 is 2.17 bits per heavy atom. The first-order valence-electron chi connectivity index (χ1n) is 5.75. The Labute approximate surface area is 115 Å². The number of benzene rings is 1. The van der Waals surface area contributed by atoms with Crippen molar-refractivity contribution in [2.24, 2.45) is 0 Å². The van der Waals surface area contributed by atoms with E-state index in [4.69, 9.17) is 4.74 Å². The minimum absolute atomic E-state index is 0.372. The predicted octanol–water partition coefficient (Wildman–Crippen LogP) is 3.98. The zero-order chi connectivity index (χ0) is 13.1. The van der Waals surface area contributed by atoms with Gasteiger partial charge in [-0.2, -0.15) is 0 Å². The van der Waals surface area contributed by atoms with E-state index in [0.29, 0.717) is 6.04 Å². The average molecular weight is 310 g/mol. The van der Waals surface area contributed by atoms with E-state index < -0.39 is 0 Å². The molecule has 0 atom stereocenters. The highest BCUT2D eigenvalue weighted by Crippen LogP contribution is 2.29. The van der Waals surface area contributed by atoms with Crippen LogP contribution in [0.3, 0.4) is 0 Å². The second-order valence-electron chi connectivity index (χ2n) is 4.23. The van der Waals surface area contributed by atoms with Crippen molar-refractivity contribution in [2.45, 2.75) is 19.9 Å². The SMILES string of the molecule is COc1ccc(Nc2nccn2C(C)C)cc1Br. The Morgan fingerprint density at radius 1 is 1.39 bits per heavy atom. The maximum Gasteiger partial charge on any atom is 0.207 e. The monoisotopic (exact) mass is 309 g/mol. The molecule has 18 heavy (non-hydrogen) atoms. The quantitative estimate of drug-likeness (QED) is 0.928. The number of halogens is 1. The Bertz CT molecular complexity index is 537. The van der Waals surface area contributed by atoms with Crippen molar-refractivity contribution in [3.63, 3.8) is 0 Å². The molecule has 0 unspecified atom stereocenters. The first-order valence-corrected chi connectivity index (χ1v) is 6.54. The lowest BCUT2D eigenvalue weighted by Crippen LogP contribution is -2.05. The van der Waals surface area contributed by atoms with Crippen molar-refractivity contribution in [3.05, 3.63) is 35.1 Å². The van der Waals surface area contributed by atoms with Crippen LogP contribution in [0, 0.1) is 0 Å². The van der Waals surface area contributed by atoms with E-state index in [0.717, 1.165) is 21.9 Å². The predicted molar refractivity (Wildman–Crippen MR) is 76.6 cm³/mol. The van der Waals surface area contributed by atoms with Crippen LogP contribution in [0.15, 0.2) is 35.1 Å². The molecule has 0 radical (unpaired) electrons. The number of nitrogens with one attached hydrogen (secondary N) is 1. The molecule has 0 amide bonds. The van der Waals surface area contributed by atoms with Crippen molar-refractivity contribution >= 4 is 27.6 Å². The highest BCUT2D eigenvalue weighted by atomic mass is 79.9. The summed E-state index contributed by atoms with van der Waals surface area (Å²) in [4.78, 5) is 4.31. The maximum absolute atomic E-state index is 5.20. The molecule has 0 aliphatic carbocycles. The van der Waals surface area contributed by atoms with Gasteiger partial charge in [0.1, 0.15) is 5.75 Å². The summed E-state index contributed by atoms with van der Waals surface area (Å²) in [6.07, 6.45) is 3.76. The summed E-state index contributed by atoms with van der Waals surface area (Å²) in [5.41, 5.74) is 0.968. The lowest BCUT2D eigenvalue weighted by Gasteiger charge is -2.13. The normalized spacial score (nSPS) is 10.7. The number of hydrogen-bond donors (Lipinski definition) is 1. The fraction of sp³-hybridized carbons (Fsp3) is 0.308. The van der Waals surface area contributed by atoms with Crippen LogP contribution in [-0.4, -0.2) is 16.7 Å². The van der Waals surface area contributed by atoms with Crippen LogP contribution in [0.5, 0.6) is 5.75 Å². The number of methoxy groups -OCH3 is 1. The second kappa shape index (κ2) is 5.44. The van der Waals surface area contributed by atoms with E-state index in [1.54, 1.807) is 13.3 Å². The van der Waals surface area contributed by atoms with Gasteiger partial charge in [0.05, 0.1) is 11.6 Å². The number of nitrogens with zero attached hydrogens (tertiary/aromatic N) is 2. The molecule has 0 spiro atoms. The summed E-state index contributed by atoms with van der Waals surface area (Å²) in [5, 5.41) is 3.29. The third-order valence-corrected chi connectivity index (χ3v) is 3.25. The van der Waals surface area contributed by atoms with Crippen LogP contribution in [0.4, 0.5) is 11.6 Å². The first kappa shape index (κ1) is 13.0. The van der Waals surface area contributed by atoms with E-state index in [1.165, 1.54) is 0 Å². The zero-order valence-electron chi connectivity index (χ0n) is 10.6. The molecule has 1 aromatic heterocycles. The van der Waals surface area contributed by atoms with Gasteiger partial charge in [0.15, 0.2) is 0 Å². The Hall–Kier alpha value is -1.49. The molecule has 4 nitrogen and oxygen atoms in total. The van der Waals surface area contributed by atoms with Crippen molar-refractivity contribution in [1.82, 2.24) is 9.55 Å². The number of anilines is 2. The van der Waals surface area contributed by atoms with Crippen LogP contribution in [0.2, 0.25) is 0 Å². The van der Waals surface area contributed by atoms with Crippen molar-refractivity contribution in [2.75, 3.05) is 12.4 Å². The van der Waals surface area contributed by atoms with Gasteiger partial charge in [0, 0.05) is 24.1 Å². The largest absolute Gasteiger partial charge is 0.496 e. The molecule has 0 aliphatic rings. The lowest BCUT2D eigenvalue weighted by atomic mass is 10.3. The van der Waals surface area contributed by atoms with Crippen LogP contribution < -0.4 is 10.1 Å². The van der Waals surface area contributed by atoms with E-state index in [9.17, 15) is 0 Å². The van der Waals surface area contributed by atoms with Gasteiger partial charge in [-0.3, -0.25) is 0 Å². The molecule has 2 rings (SSSR count). The third-order valence-electron chi connectivity index (χ3n) is 2.63. The molecule has 1 aromatic carbocycles. The molecule has 1 heterocycles. The van der Waals surface area contributed by atoms with Gasteiger partial charge < -0.3 is 14.6 Å². The summed E-state index contributed by atoms with van der Waals surface area (Å²) in [6.45, 7) is 4.24. The van der Waals surface area contributed by atoms with Crippen molar-refractivity contribution in [1.29, 1.82) is 0 Å². The molecule has 0 saturated heterocycles. The van der Waals surface area contributed by atoms with Gasteiger partial charge in [-0.05, 0) is 48.0 Å². The highest BCUT2D eigenvalue weighted by molar-refractivity contribution is 9.10. The number of imidazole rings is 1. The molecular weight excluding hydrogens is 294 g/mol. The summed E-state index contributed by atoms with van der Waals surface area (Å²) in [6, 6.07) is 6.22. The van der Waals surface area contributed by atoms with Crippen LogP contribution in [-0.2, 0) is 0 Å². The van der Waals surface area contributed by atoms with Crippen LogP contribution in [0.1, 0.15) is 19.9 Å². The molecule has 0 aliphatic heterocycles. The maximum atomic E-state index is 5.20. The number of ether oxygens (including phenoxy) is 1. The fourth-order valence-corrected chi connectivity index (χ4v) is 2.24. The van der Waals surface area contributed by atoms with Gasteiger partial charge in [-0.1, -0.05) is 0 Å². The van der Waals surface area contributed by atoms with Gasteiger partial charge in [-0.15, -0.1) is 0 Å². The van der Waals surface area contributed by atoms with Crippen LogP contribution >= 0.6 is 15.9 Å². The summed E-state index contributed by atoms with van der Waals surface area (Å²) in [7, 11) is 1.65. The van der Waals surface area contributed by atoms with E-state index in [-0.39, 0.29) is 0 Å². The van der Waals surface area contributed by atoms with Gasteiger partial charge in [0.25, 0.3) is 0 Å². The minimum atomic E-state index is 0.372. The Morgan fingerprint density at radius 3 is 2.78 bits per heavy atom. The molecular formula is C13H16BrN3O. The standard InChI is InChI=1S/C13H16BrN3O/c1-9(2)17-7-6-15-13(17)16-10-4-5-12(18-3)11(14)8-10/h4-9H,1-3H3,(H,15,16). The molecule has 0 bridgehead atoms. The summed E-state index contributed by atoms with van der Waals surface area (Å²) in [5.74, 6) is 1.65. The first-order chi connectivity index (χ1) is 8.61. The molecule has 5 heteroatoms. The molecule has 1 N–H and O–H groups in total. The molecule has 0 saturated carbocycles. The van der Waals surface area contributed by atoms with Gasteiger partial charge >= 0.3 is 0 Å². The van der Waals surface area contributed by atoms with Crippen LogP contribution in [0.25, 0.3) is 0 Å². The van der Waals surface area contributed by atoms with E-state index in [2.05, 4.69) is 44.6 Å². The number of rotatable bonds is 4. The second-order valence-corrected chi connectivity index (χ2v) is 5.08. The molecule has 96 valence electrons. The number of hydrogen-bond acceptors (Lipinski definition) is 3. The number of aromatic nitrogens is 2. The fourth-order valence-electron chi connectivity index (χ4n) is 1.70. The average Bonchev–Trinajstić information content (AvgIpc) is 2.77. The van der Waals surface area contributed by atoms with Crippen molar-refractivity contribution < 1.29 is 4.74 Å². The van der Waals surface area contributed by atoms with Gasteiger partial charge in [0.2, 0.25) is 5.95 Å². The summed E-state index contributed by atoms with van der Waals surface area (Å²) >= 11 is 3.47.